The van der Waals surface area contributed by atoms with Gasteiger partial charge in [-0.05, 0) is 35.6 Å². The normalized spacial score (nSPS) is 15.4. The third kappa shape index (κ3) is 9.11. The Bertz CT molecular complexity index is 1080. The summed E-state index contributed by atoms with van der Waals surface area (Å²) in [5, 5.41) is 21.4. The Kier molecular flexibility index (Phi) is 10.6. The fourth-order valence-corrected chi connectivity index (χ4v) is 5.18. The lowest BCUT2D eigenvalue weighted by Gasteiger charge is -2.25. The topological polar surface area (TPSA) is 176 Å². The Balaban J connectivity index is 2.09. The van der Waals surface area contributed by atoms with Crippen LogP contribution >= 0.6 is 7.37 Å². The molecular formula is C25H33N2O8P. The molecule has 0 radical (unpaired) electrons. The van der Waals surface area contributed by atoms with Gasteiger partial charge >= 0.3 is 11.9 Å². The number of benzene rings is 2. The highest BCUT2D eigenvalue weighted by molar-refractivity contribution is 7.59. The summed E-state index contributed by atoms with van der Waals surface area (Å²) in [6.07, 6.45) is -0.490. The van der Waals surface area contributed by atoms with Crippen LogP contribution in [-0.4, -0.2) is 50.9 Å². The van der Waals surface area contributed by atoms with Gasteiger partial charge in [0.2, 0.25) is 13.3 Å². The smallest absolute Gasteiger partial charge is 0.333 e. The Hall–Kier alpha value is -3.20. The van der Waals surface area contributed by atoms with E-state index in [1.807, 2.05) is 13.8 Å². The molecule has 2 rings (SSSR count). The number of rotatable bonds is 13. The number of hydrogen-bond acceptors (Lipinski definition) is 7. The number of carboxylic acid groups (broad SMARTS) is 1. The highest BCUT2D eigenvalue weighted by Crippen LogP contribution is 2.47. The monoisotopic (exact) mass is 520 g/mol. The van der Waals surface area contributed by atoms with Gasteiger partial charge in [-0.15, -0.1) is 0 Å². The molecule has 0 aliphatic rings. The van der Waals surface area contributed by atoms with Crippen LogP contribution < -0.4 is 11.1 Å². The van der Waals surface area contributed by atoms with E-state index >= 15 is 0 Å². The summed E-state index contributed by atoms with van der Waals surface area (Å²) < 4.78 is 18.1. The number of ether oxygens (including phenoxy) is 1. The summed E-state index contributed by atoms with van der Waals surface area (Å²) in [4.78, 5) is 47.7. The molecule has 1 amide bonds. The van der Waals surface area contributed by atoms with E-state index in [1.165, 1.54) is 24.3 Å². The van der Waals surface area contributed by atoms with Crippen molar-refractivity contribution >= 4 is 25.2 Å². The van der Waals surface area contributed by atoms with Crippen molar-refractivity contribution in [3.05, 3.63) is 65.7 Å². The van der Waals surface area contributed by atoms with E-state index in [4.69, 9.17) is 10.5 Å². The van der Waals surface area contributed by atoms with Crippen molar-refractivity contribution in [3.8, 4) is 5.75 Å². The molecule has 0 saturated heterocycles. The van der Waals surface area contributed by atoms with Gasteiger partial charge < -0.3 is 30.9 Å². The number of aromatic hydroxyl groups is 1. The molecule has 2 aromatic rings. The van der Waals surface area contributed by atoms with Crippen LogP contribution in [0.3, 0.4) is 0 Å². The Morgan fingerprint density at radius 2 is 1.64 bits per heavy atom. The lowest BCUT2D eigenvalue weighted by molar-refractivity contribution is -0.144. The summed E-state index contributed by atoms with van der Waals surface area (Å²) in [7, 11) is -4.40. The fourth-order valence-electron chi connectivity index (χ4n) is 3.60. The molecule has 2 aromatic carbocycles. The molecule has 36 heavy (non-hydrogen) atoms. The number of phenolic OH excluding ortho intramolecular Hbond substituents is 1. The van der Waals surface area contributed by atoms with Gasteiger partial charge in [0.05, 0.1) is 0 Å². The van der Waals surface area contributed by atoms with Gasteiger partial charge in [-0.3, -0.25) is 9.36 Å². The molecule has 0 aliphatic heterocycles. The van der Waals surface area contributed by atoms with Gasteiger partial charge in [-0.1, -0.05) is 56.3 Å². The van der Waals surface area contributed by atoms with Crippen LogP contribution in [0.15, 0.2) is 54.6 Å². The molecule has 0 spiro atoms. The van der Waals surface area contributed by atoms with Gasteiger partial charge in [-0.2, -0.15) is 0 Å². The molecule has 11 heteroatoms. The number of aliphatic carboxylic acids is 1. The summed E-state index contributed by atoms with van der Waals surface area (Å²) in [5.74, 6) is -6.04. The number of carboxylic acids is 1. The number of phenols is 1. The average Bonchev–Trinajstić information content (AvgIpc) is 2.82. The first kappa shape index (κ1) is 29.0. The van der Waals surface area contributed by atoms with E-state index in [2.05, 4.69) is 5.32 Å². The van der Waals surface area contributed by atoms with E-state index in [0.29, 0.717) is 11.1 Å². The summed E-state index contributed by atoms with van der Waals surface area (Å²) in [6, 6.07) is 13.3. The molecule has 196 valence electrons. The van der Waals surface area contributed by atoms with Crippen LogP contribution in [0.1, 0.15) is 31.4 Å². The van der Waals surface area contributed by atoms with Crippen LogP contribution in [0.2, 0.25) is 0 Å². The Morgan fingerprint density at radius 3 is 2.19 bits per heavy atom. The third-order valence-corrected chi connectivity index (χ3v) is 7.54. The maximum atomic E-state index is 13.0. The first-order chi connectivity index (χ1) is 16.9. The minimum absolute atomic E-state index is 0.0176. The molecular weight excluding hydrogens is 487 g/mol. The molecule has 0 fully saturated rings. The molecule has 4 atom stereocenters. The van der Waals surface area contributed by atoms with Crippen molar-refractivity contribution in [2.75, 3.05) is 6.16 Å². The number of carbonyl (C=O) groups excluding carboxylic acids is 2. The van der Waals surface area contributed by atoms with Crippen LogP contribution in [0.4, 0.5) is 0 Å². The zero-order valence-electron chi connectivity index (χ0n) is 20.2. The second-order valence-electron chi connectivity index (χ2n) is 9.07. The van der Waals surface area contributed by atoms with E-state index < -0.39 is 49.1 Å². The third-order valence-electron chi connectivity index (χ3n) is 5.50. The van der Waals surface area contributed by atoms with Gasteiger partial charge in [0.15, 0.2) is 5.78 Å². The van der Waals surface area contributed by atoms with Crippen LogP contribution in [0, 0.1) is 11.8 Å². The predicted molar refractivity (Wildman–Crippen MR) is 133 cm³/mol. The number of hydrogen-bond donors (Lipinski definition) is 5. The van der Waals surface area contributed by atoms with Crippen molar-refractivity contribution < 1.29 is 38.8 Å². The Morgan fingerprint density at radius 1 is 1.03 bits per heavy atom. The van der Waals surface area contributed by atoms with Crippen LogP contribution in [0.25, 0.3) is 0 Å². The van der Waals surface area contributed by atoms with Crippen molar-refractivity contribution in [1.82, 2.24) is 5.32 Å². The quantitative estimate of drug-likeness (QED) is 0.196. The predicted octanol–water partition coefficient (Wildman–Crippen LogP) is 2.46. The number of carbonyl (C=O) groups is 3. The summed E-state index contributed by atoms with van der Waals surface area (Å²) in [6.45, 7) is 3.49. The highest BCUT2D eigenvalue weighted by atomic mass is 31.2. The number of nitrogens with one attached hydrogen (secondary N) is 1. The minimum Gasteiger partial charge on any atom is -0.508 e. The second-order valence-corrected chi connectivity index (χ2v) is 11.5. The fraction of sp³-hybridized carbons (Fsp3) is 0.400. The van der Waals surface area contributed by atoms with Crippen molar-refractivity contribution in [2.24, 2.45) is 17.6 Å². The number of nitrogens with two attached hydrogens (primary N) is 1. The number of amides is 1. The highest BCUT2D eigenvalue weighted by Gasteiger charge is 2.40. The molecule has 0 bridgehead atoms. The second kappa shape index (κ2) is 13.2. The lowest BCUT2D eigenvalue weighted by Crippen LogP contribution is -2.46. The van der Waals surface area contributed by atoms with Crippen LogP contribution in [0.5, 0.6) is 5.75 Å². The summed E-state index contributed by atoms with van der Waals surface area (Å²) >= 11 is 0. The van der Waals surface area contributed by atoms with Crippen LogP contribution in [-0.2, 0) is 36.7 Å². The first-order valence-electron chi connectivity index (χ1n) is 11.5. The van der Waals surface area contributed by atoms with Crippen molar-refractivity contribution in [3.63, 3.8) is 0 Å². The molecule has 0 saturated carbocycles. The Labute approximate surface area is 209 Å². The van der Waals surface area contributed by atoms with E-state index in [0.717, 1.165) is 0 Å². The summed E-state index contributed by atoms with van der Waals surface area (Å²) in [5.41, 5.74) is 7.01. The largest absolute Gasteiger partial charge is 0.508 e. The zero-order chi connectivity index (χ0) is 26.9. The van der Waals surface area contributed by atoms with Gasteiger partial charge in [0.25, 0.3) is 0 Å². The molecule has 6 N–H and O–H groups in total. The average molecular weight is 521 g/mol. The van der Waals surface area contributed by atoms with Crippen molar-refractivity contribution in [2.45, 2.75) is 45.1 Å². The lowest BCUT2D eigenvalue weighted by atomic mass is 9.97. The maximum Gasteiger partial charge on any atom is 0.333 e. The zero-order valence-corrected chi connectivity index (χ0v) is 21.1. The molecule has 3 unspecified atom stereocenters. The minimum atomic E-state index is -4.40. The molecule has 10 nitrogen and oxygen atoms in total. The van der Waals surface area contributed by atoms with Gasteiger partial charge in [-0.25, -0.2) is 9.59 Å². The van der Waals surface area contributed by atoms with E-state index in [9.17, 15) is 34.1 Å². The molecule has 0 heterocycles. The maximum absolute atomic E-state index is 13.0. The molecule has 0 aliphatic carbocycles. The molecule has 0 aromatic heterocycles. The van der Waals surface area contributed by atoms with E-state index in [-0.39, 0.29) is 31.1 Å². The van der Waals surface area contributed by atoms with Gasteiger partial charge in [0, 0.05) is 18.5 Å². The first-order valence-corrected chi connectivity index (χ1v) is 13.4. The standard InChI is InChI=1S/C25H33N2O8P/c1-16(2)12-19(23(29)27-21(24(30)31)13-17-8-10-20(28)11-9-17)15-36(33,34)22(26)25(32)35-14-18-6-4-3-5-7-18/h3-11,16,19,21-22,28H,12-15,26H2,1-2H3,(H,27,29)(H,30,31)(H,33,34)/t19?,21-,22?/m0/s1. The SMILES string of the molecule is CC(C)CC(CP(=O)(O)C(N)C(=O)OCc1ccccc1)C(=O)N[C@@H](Cc1ccc(O)cc1)C(=O)O. The van der Waals surface area contributed by atoms with Crippen molar-refractivity contribution in [1.29, 1.82) is 0 Å². The van der Waals surface area contributed by atoms with Gasteiger partial charge in [0.1, 0.15) is 18.4 Å². The van der Waals surface area contributed by atoms with E-state index in [1.54, 1.807) is 30.3 Å². The number of esters is 1.